The number of carbonyl (C=O) groups excluding carboxylic acids is 8. The van der Waals surface area contributed by atoms with Gasteiger partial charge >= 0.3 is 5.97 Å². The average Bonchev–Trinajstić information content (AvgIpc) is 1.76. The summed E-state index contributed by atoms with van der Waals surface area (Å²) in [6, 6.07) is 43.5. The van der Waals surface area contributed by atoms with Crippen molar-refractivity contribution in [3.63, 3.8) is 0 Å². The highest BCUT2D eigenvalue weighted by Crippen LogP contribution is 2.45. The van der Waals surface area contributed by atoms with Crippen LogP contribution >= 0.6 is 0 Å². The number of carbonyl (C=O) groups is 8. The Bertz CT molecular complexity index is 3190. The third-order valence-electron chi connectivity index (χ3n) is 18.3. The fourth-order valence-corrected chi connectivity index (χ4v) is 12.7. The molecule has 0 radical (unpaired) electrons. The van der Waals surface area contributed by atoms with E-state index in [9.17, 15) is 33.6 Å². The van der Waals surface area contributed by atoms with E-state index >= 15 is 4.79 Å². The SMILES string of the molecule is CCCCOC(=O)CCOCCOCCOCCNC(=O)COc1cc(C(=O)N2C[C@@H](C(=O)N[C@H]3C[C@@H]3c3ccccc3)[C@H](C(=O)N[C@H]3C[C@@H]3c3ccccc3)C2)ccc1C(=O)N1C[C@@H](C(=O)N[C@H]2C[C@@H]2c2ccccc2)[C@H](C(=O)N[C@H]2C[C@@H]2c2ccccc2)C1. The molecule has 20 heteroatoms. The van der Waals surface area contributed by atoms with E-state index in [-0.39, 0.29) is 160 Å². The minimum absolute atomic E-state index is 0.00776. The van der Waals surface area contributed by atoms with Crippen molar-refractivity contribution in [2.24, 2.45) is 23.7 Å². The number of likely N-dealkylation sites (tertiary alicyclic amines) is 2. The largest absolute Gasteiger partial charge is 0.483 e. The van der Waals surface area contributed by atoms with Crippen molar-refractivity contribution in [3.8, 4) is 5.75 Å². The normalized spacial score (nSPS) is 24.9. The number of esters is 1. The van der Waals surface area contributed by atoms with Crippen molar-refractivity contribution in [1.82, 2.24) is 36.4 Å². The van der Waals surface area contributed by atoms with Gasteiger partial charge in [-0.1, -0.05) is 135 Å². The van der Waals surface area contributed by atoms with Gasteiger partial charge in [0.2, 0.25) is 23.6 Å². The van der Waals surface area contributed by atoms with E-state index in [1.165, 1.54) is 28.0 Å². The Hall–Kier alpha value is -8.46. The van der Waals surface area contributed by atoms with Crippen LogP contribution in [0.15, 0.2) is 140 Å². The molecular formula is C71H83N7O13. The van der Waals surface area contributed by atoms with E-state index in [0.29, 0.717) is 19.8 Å². The number of benzene rings is 5. The topological polar surface area (TPSA) is 249 Å². The van der Waals surface area contributed by atoms with Gasteiger partial charge in [0.15, 0.2) is 6.61 Å². The third kappa shape index (κ3) is 17.1. The summed E-state index contributed by atoms with van der Waals surface area (Å²) in [6.07, 6.45) is 4.93. The highest BCUT2D eigenvalue weighted by Gasteiger charge is 2.51. The van der Waals surface area contributed by atoms with Crippen molar-refractivity contribution in [3.05, 3.63) is 173 Å². The summed E-state index contributed by atoms with van der Waals surface area (Å²) in [5, 5.41) is 15.5. The maximum Gasteiger partial charge on any atom is 0.308 e. The van der Waals surface area contributed by atoms with Gasteiger partial charge in [0, 0.05) is 86.1 Å². The van der Waals surface area contributed by atoms with Crippen LogP contribution in [0, 0.1) is 23.7 Å². The molecule has 5 aromatic rings. The first-order chi connectivity index (χ1) is 44.4. The Kier molecular flexibility index (Phi) is 21.5. The Morgan fingerprint density at radius 1 is 0.451 bits per heavy atom. The molecular weight excluding hydrogens is 1160 g/mol. The molecule has 4 saturated carbocycles. The molecule has 0 spiro atoms. The van der Waals surface area contributed by atoms with Crippen LogP contribution in [0.25, 0.3) is 0 Å². The van der Waals surface area contributed by atoms with Gasteiger partial charge in [-0.3, -0.25) is 38.4 Å². The van der Waals surface area contributed by atoms with Crippen LogP contribution < -0.4 is 31.3 Å². The summed E-state index contributed by atoms with van der Waals surface area (Å²) < 4.78 is 28.0. The summed E-state index contributed by atoms with van der Waals surface area (Å²) in [5.41, 5.74) is 4.52. The van der Waals surface area contributed by atoms with Gasteiger partial charge in [-0.2, -0.15) is 0 Å². The number of nitrogens with zero attached hydrogens (tertiary/aromatic N) is 2. The Morgan fingerprint density at radius 3 is 1.24 bits per heavy atom. The van der Waals surface area contributed by atoms with Crippen LogP contribution in [0.1, 0.15) is 119 Å². The van der Waals surface area contributed by atoms with Crippen LogP contribution in [0.3, 0.4) is 0 Å². The third-order valence-corrected chi connectivity index (χ3v) is 18.3. The summed E-state index contributed by atoms with van der Waals surface area (Å²) in [4.78, 5) is 116. The molecule has 2 heterocycles. The molecule has 2 saturated heterocycles. The zero-order valence-corrected chi connectivity index (χ0v) is 51.6. The Balaban J connectivity index is 0.766. The zero-order valence-electron chi connectivity index (χ0n) is 51.6. The molecule has 5 N–H and O–H groups in total. The second-order valence-electron chi connectivity index (χ2n) is 24.8. The highest BCUT2D eigenvalue weighted by molar-refractivity contribution is 6.02. The minimum Gasteiger partial charge on any atom is -0.483 e. The molecule has 0 unspecified atom stereocenters. The van der Waals surface area contributed by atoms with Gasteiger partial charge < -0.3 is 60.1 Å². The van der Waals surface area contributed by atoms with E-state index in [1.54, 1.807) is 0 Å². The number of hydrogen-bond donors (Lipinski definition) is 5. The molecule has 91 heavy (non-hydrogen) atoms. The molecule has 0 aromatic heterocycles. The van der Waals surface area contributed by atoms with Gasteiger partial charge in [-0.15, -0.1) is 0 Å². The maximum atomic E-state index is 15.1. The fourth-order valence-electron chi connectivity index (χ4n) is 12.7. The molecule has 0 bridgehead atoms. The van der Waals surface area contributed by atoms with E-state index in [1.807, 2.05) is 128 Å². The molecule has 5 aromatic carbocycles. The monoisotopic (exact) mass is 1240 g/mol. The van der Waals surface area contributed by atoms with Crippen molar-refractivity contribution in [2.75, 3.05) is 85.6 Å². The first kappa shape index (κ1) is 64.1. The Labute approximate surface area is 531 Å². The van der Waals surface area contributed by atoms with Crippen molar-refractivity contribution in [2.45, 2.75) is 99.7 Å². The maximum absolute atomic E-state index is 15.1. The number of amides is 7. The molecule has 12 atom stereocenters. The van der Waals surface area contributed by atoms with E-state index < -0.39 is 48.0 Å². The van der Waals surface area contributed by atoms with Crippen LogP contribution in [0.4, 0.5) is 0 Å². The highest BCUT2D eigenvalue weighted by atomic mass is 16.6. The van der Waals surface area contributed by atoms with E-state index in [0.717, 1.165) is 60.8 Å². The molecule has 6 fully saturated rings. The quantitative estimate of drug-likeness (QED) is 0.0244. The number of rotatable bonds is 32. The first-order valence-electron chi connectivity index (χ1n) is 32.3. The fraction of sp³-hybridized carbons (Fsp3) is 0.465. The summed E-state index contributed by atoms with van der Waals surface area (Å²) in [7, 11) is 0. The van der Waals surface area contributed by atoms with Crippen molar-refractivity contribution in [1.29, 1.82) is 0 Å². The van der Waals surface area contributed by atoms with Crippen LogP contribution in [0.5, 0.6) is 5.75 Å². The lowest BCUT2D eigenvalue weighted by Crippen LogP contribution is -2.43. The molecule has 6 aliphatic rings. The van der Waals surface area contributed by atoms with Crippen molar-refractivity contribution < 1.29 is 62.0 Å². The van der Waals surface area contributed by atoms with Crippen molar-refractivity contribution >= 4 is 47.3 Å². The van der Waals surface area contributed by atoms with Crippen LogP contribution in [-0.2, 0) is 47.7 Å². The summed E-state index contributed by atoms with van der Waals surface area (Å²) in [6.45, 7) is 3.19. The van der Waals surface area contributed by atoms with Gasteiger partial charge in [0.1, 0.15) is 5.75 Å². The molecule has 480 valence electrons. The van der Waals surface area contributed by atoms with Gasteiger partial charge in [0.25, 0.3) is 17.7 Å². The number of unbranched alkanes of at least 4 members (excludes halogenated alkanes) is 1. The first-order valence-corrected chi connectivity index (χ1v) is 32.3. The minimum atomic E-state index is -0.892. The number of nitrogens with one attached hydrogen (secondary N) is 5. The number of ether oxygens (including phenoxy) is 5. The number of hydrogen-bond acceptors (Lipinski definition) is 13. The van der Waals surface area contributed by atoms with Gasteiger partial charge in [0.05, 0.1) is 81.9 Å². The van der Waals surface area contributed by atoms with E-state index in [4.69, 9.17) is 23.7 Å². The lowest BCUT2D eigenvalue weighted by atomic mass is 9.94. The van der Waals surface area contributed by atoms with Crippen LogP contribution in [-0.4, -0.2) is 167 Å². The van der Waals surface area contributed by atoms with Gasteiger partial charge in [-0.05, 0) is 72.6 Å². The van der Waals surface area contributed by atoms with Crippen LogP contribution in [0.2, 0.25) is 0 Å². The predicted molar refractivity (Wildman–Crippen MR) is 337 cm³/mol. The lowest BCUT2D eigenvalue weighted by Gasteiger charge is -2.21. The smallest absolute Gasteiger partial charge is 0.308 e. The molecule has 2 aliphatic heterocycles. The summed E-state index contributed by atoms with van der Waals surface area (Å²) in [5.74, 6) is -6.31. The molecule has 7 amide bonds. The molecule has 4 aliphatic carbocycles. The Morgan fingerprint density at radius 2 is 0.835 bits per heavy atom. The second kappa shape index (κ2) is 30.6. The standard InChI is InChI=1S/C71H83N7O13/c1-2-3-28-90-65(80)26-29-87-31-33-89-34-32-88-30-27-72-64(79)44-91-63-35-49(70(85)77-40-55(66(81)73-59-36-51(59)45-16-8-4-9-17-45)56(41-77)67(82)74-60-37-52(60)46-18-10-5-11-19-46)24-25-50(63)71(86)78-42-57(68(83)75-61-38-53(61)47-20-12-6-13-21-47)58(43-78)69(84)76-62-39-54(62)48-22-14-7-15-23-48/h4-25,35,51-62H,2-3,26-34,36-44H2,1H3,(H,72,79)(H,73,81)(H,74,82)(H,75,83)(H,76,84)/t51-,52-,53-,54-,55-,56-,57-,58-,59+,60+,61+,62+/m1/s1. The predicted octanol–water partition coefficient (Wildman–Crippen LogP) is 6.03. The molecule has 20 nitrogen and oxygen atoms in total. The second-order valence-corrected chi connectivity index (χ2v) is 24.8. The zero-order chi connectivity index (χ0) is 63.2. The molecule has 11 rings (SSSR count). The van der Waals surface area contributed by atoms with Gasteiger partial charge in [-0.25, -0.2) is 0 Å². The average molecular weight is 1240 g/mol. The lowest BCUT2D eigenvalue weighted by molar-refractivity contribution is -0.145. The van der Waals surface area contributed by atoms with E-state index in [2.05, 4.69) is 26.6 Å². The summed E-state index contributed by atoms with van der Waals surface area (Å²) >= 11 is 0.